The van der Waals surface area contributed by atoms with E-state index in [1.54, 1.807) is 6.07 Å². The average molecular weight is 275 g/mol. The Hall–Kier alpha value is -1.92. The minimum absolute atomic E-state index is 0.0988. The lowest BCUT2D eigenvalue weighted by molar-refractivity contribution is -0.138. The molecule has 0 saturated carbocycles. The molecule has 1 aromatic carbocycles. The molecular weight excluding hydrogens is 259 g/mol. The molecule has 0 aliphatic rings. The molecule has 0 amide bonds. The number of aryl methyl sites for hydroxylation is 1. The minimum atomic E-state index is -4.35. The number of anilines is 1. The van der Waals surface area contributed by atoms with Crippen LogP contribution in [0.5, 0.6) is 0 Å². The van der Waals surface area contributed by atoms with E-state index < -0.39 is 11.7 Å². The number of oxime groups is 1. The third-order valence-corrected chi connectivity index (χ3v) is 2.61. The topological polar surface area (TPSA) is 70.6 Å². The molecule has 0 fully saturated rings. The van der Waals surface area contributed by atoms with Gasteiger partial charge in [-0.15, -0.1) is 0 Å². The van der Waals surface area contributed by atoms with Crippen molar-refractivity contribution >= 4 is 11.5 Å². The quantitative estimate of drug-likeness (QED) is 0.254. The lowest BCUT2D eigenvalue weighted by Gasteiger charge is -2.13. The average Bonchev–Trinajstić information content (AvgIpc) is 2.34. The fourth-order valence-electron chi connectivity index (χ4n) is 1.59. The molecule has 4 nitrogen and oxygen atoms in total. The lowest BCUT2D eigenvalue weighted by Crippen LogP contribution is -2.14. The number of amidine groups is 1. The summed E-state index contributed by atoms with van der Waals surface area (Å²) in [7, 11) is 0. The van der Waals surface area contributed by atoms with Gasteiger partial charge in [-0.2, -0.15) is 13.2 Å². The van der Waals surface area contributed by atoms with Crippen molar-refractivity contribution in [2.75, 3.05) is 11.9 Å². The summed E-state index contributed by atoms with van der Waals surface area (Å²) in [6.07, 6.45) is -3.41. The van der Waals surface area contributed by atoms with Gasteiger partial charge in [-0.1, -0.05) is 11.2 Å². The maximum Gasteiger partial charge on any atom is 0.416 e. The van der Waals surface area contributed by atoms with Crippen LogP contribution in [0, 0.1) is 6.92 Å². The van der Waals surface area contributed by atoms with Crippen LogP contribution in [0.15, 0.2) is 23.4 Å². The van der Waals surface area contributed by atoms with Gasteiger partial charge in [0, 0.05) is 18.7 Å². The molecule has 1 aromatic rings. The van der Waals surface area contributed by atoms with Gasteiger partial charge in [0.1, 0.15) is 5.84 Å². The second kappa shape index (κ2) is 6.31. The molecule has 1 rings (SSSR count). The van der Waals surface area contributed by atoms with E-state index in [-0.39, 0.29) is 11.4 Å². The number of nitrogens with two attached hydrogens (primary N) is 1. The second-order valence-corrected chi connectivity index (χ2v) is 4.15. The van der Waals surface area contributed by atoms with E-state index in [0.29, 0.717) is 25.1 Å². The van der Waals surface area contributed by atoms with E-state index in [1.165, 1.54) is 13.0 Å². The first kappa shape index (κ1) is 15.1. The van der Waals surface area contributed by atoms with Crippen LogP contribution in [0.1, 0.15) is 24.0 Å². The summed E-state index contributed by atoms with van der Waals surface area (Å²) in [5.74, 6) is 0.0988. The van der Waals surface area contributed by atoms with Gasteiger partial charge in [-0.25, -0.2) is 0 Å². The highest BCUT2D eigenvalue weighted by molar-refractivity contribution is 5.79. The highest BCUT2D eigenvalue weighted by atomic mass is 19.4. The number of hydrogen-bond acceptors (Lipinski definition) is 3. The third-order valence-electron chi connectivity index (χ3n) is 2.61. The summed E-state index contributed by atoms with van der Waals surface area (Å²) in [5.41, 5.74) is 5.22. The largest absolute Gasteiger partial charge is 0.416 e. The monoisotopic (exact) mass is 275 g/mol. The van der Waals surface area contributed by atoms with Gasteiger partial charge in [0.05, 0.1) is 5.56 Å². The van der Waals surface area contributed by atoms with Crippen LogP contribution in [0.2, 0.25) is 0 Å². The summed E-state index contributed by atoms with van der Waals surface area (Å²) in [4.78, 5) is 0. The second-order valence-electron chi connectivity index (χ2n) is 4.15. The zero-order valence-corrected chi connectivity index (χ0v) is 10.5. The van der Waals surface area contributed by atoms with Gasteiger partial charge in [0.2, 0.25) is 0 Å². The number of halogens is 3. The number of nitrogens with one attached hydrogen (secondary N) is 1. The van der Waals surface area contributed by atoms with Crippen molar-refractivity contribution in [3.05, 3.63) is 29.3 Å². The number of hydrogen-bond donors (Lipinski definition) is 3. The zero-order chi connectivity index (χ0) is 14.5. The van der Waals surface area contributed by atoms with Crippen molar-refractivity contribution in [2.45, 2.75) is 25.9 Å². The van der Waals surface area contributed by atoms with E-state index in [2.05, 4.69) is 10.5 Å². The number of alkyl halides is 3. The standard InChI is InChI=1S/C12H16F3N3O/c1-8-4-5-9(7-10(8)12(13,14)15)17-6-2-3-11(16)18-19/h4-5,7,17,19H,2-3,6H2,1H3,(H2,16,18). The van der Waals surface area contributed by atoms with Crippen molar-refractivity contribution in [3.8, 4) is 0 Å². The SMILES string of the molecule is Cc1ccc(NCCCC(N)=NO)cc1C(F)(F)F. The molecule has 0 spiro atoms. The van der Waals surface area contributed by atoms with E-state index in [0.717, 1.165) is 6.07 Å². The first-order chi connectivity index (χ1) is 8.84. The predicted octanol–water partition coefficient (Wildman–Crippen LogP) is 2.95. The Bertz CT molecular complexity index is 458. The molecule has 4 N–H and O–H groups in total. The van der Waals surface area contributed by atoms with Crippen LogP contribution in [-0.4, -0.2) is 17.6 Å². The molecule has 0 aliphatic carbocycles. The summed E-state index contributed by atoms with van der Waals surface area (Å²) in [6, 6.07) is 4.10. The molecule has 0 radical (unpaired) electrons. The Labute approximate surface area is 109 Å². The van der Waals surface area contributed by atoms with Crippen molar-refractivity contribution < 1.29 is 18.4 Å². The van der Waals surface area contributed by atoms with Crippen LogP contribution >= 0.6 is 0 Å². The zero-order valence-electron chi connectivity index (χ0n) is 10.5. The van der Waals surface area contributed by atoms with Gasteiger partial charge >= 0.3 is 6.18 Å². The molecule has 0 bridgehead atoms. The fraction of sp³-hybridized carbons (Fsp3) is 0.417. The molecule has 0 saturated heterocycles. The maximum absolute atomic E-state index is 12.7. The van der Waals surface area contributed by atoms with E-state index in [4.69, 9.17) is 10.9 Å². The highest BCUT2D eigenvalue weighted by Gasteiger charge is 2.32. The number of benzene rings is 1. The molecule has 0 heterocycles. The molecular formula is C12H16F3N3O. The number of rotatable bonds is 5. The Morgan fingerprint density at radius 3 is 2.68 bits per heavy atom. The summed E-state index contributed by atoms with van der Waals surface area (Å²) >= 11 is 0. The Balaban J connectivity index is 2.61. The van der Waals surface area contributed by atoms with Gasteiger partial charge in [0.25, 0.3) is 0 Å². The molecule has 0 aromatic heterocycles. The molecule has 0 unspecified atom stereocenters. The van der Waals surface area contributed by atoms with Gasteiger partial charge in [-0.3, -0.25) is 0 Å². The lowest BCUT2D eigenvalue weighted by atomic mass is 10.1. The van der Waals surface area contributed by atoms with Crippen LogP contribution < -0.4 is 11.1 Å². The first-order valence-corrected chi connectivity index (χ1v) is 5.72. The van der Waals surface area contributed by atoms with E-state index in [1.807, 2.05) is 0 Å². The Morgan fingerprint density at radius 2 is 2.11 bits per heavy atom. The third kappa shape index (κ3) is 4.69. The molecule has 106 valence electrons. The van der Waals surface area contributed by atoms with Gasteiger partial charge in [0.15, 0.2) is 0 Å². The number of nitrogens with zero attached hydrogens (tertiary/aromatic N) is 1. The van der Waals surface area contributed by atoms with Crippen molar-refractivity contribution in [2.24, 2.45) is 10.9 Å². The first-order valence-electron chi connectivity index (χ1n) is 5.72. The minimum Gasteiger partial charge on any atom is -0.409 e. The van der Waals surface area contributed by atoms with Gasteiger partial charge < -0.3 is 16.3 Å². The Morgan fingerprint density at radius 1 is 1.42 bits per heavy atom. The molecule has 0 aliphatic heterocycles. The summed E-state index contributed by atoms with van der Waals surface area (Å²) in [5, 5.41) is 14.0. The normalized spacial score (nSPS) is 12.5. The molecule has 0 atom stereocenters. The van der Waals surface area contributed by atoms with Crippen LogP contribution in [0.25, 0.3) is 0 Å². The van der Waals surface area contributed by atoms with E-state index >= 15 is 0 Å². The Kier molecular flexibility index (Phi) is 5.02. The maximum atomic E-state index is 12.7. The van der Waals surface area contributed by atoms with Crippen molar-refractivity contribution in [1.82, 2.24) is 0 Å². The van der Waals surface area contributed by atoms with E-state index in [9.17, 15) is 13.2 Å². The van der Waals surface area contributed by atoms with Crippen molar-refractivity contribution in [3.63, 3.8) is 0 Å². The fourth-order valence-corrected chi connectivity index (χ4v) is 1.59. The van der Waals surface area contributed by atoms with Crippen LogP contribution in [0.3, 0.4) is 0 Å². The predicted molar refractivity (Wildman–Crippen MR) is 67.3 cm³/mol. The summed E-state index contributed by atoms with van der Waals surface area (Å²) < 4.78 is 38.0. The smallest absolute Gasteiger partial charge is 0.409 e. The van der Waals surface area contributed by atoms with Crippen molar-refractivity contribution in [1.29, 1.82) is 0 Å². The van der Waals surface area contributed by atoms with Gasteiger partial charge in [-0.05, 0) is 31.0 Å². The van der Waals surface area contributed by atoms with Crippen LogP contribution in [-0.2, 0) is 6.18 Å². The highest BCUT2D eigenvalue weighted by Crippen LogP contribution is 2.33. The van der Waals surface area contributed by atoms with Crippen LogP contribution in [0.4, 0.5) is 18.9 Å². The molecule has 19 heavy (non-hydrogen) atoms. The summed E-state index contributed by atoms with van der Waals surface area (Å²) in [6.45, 7) is 1.86. The molecule has 7 heteroatoms.